The monoisotopic (exact) mass is 447 g/mol. The molecule has 2 unspecified atom stereocenters. The summed E-state index contributed by atoms with van der Waals surface area (Å²) in [6.07, 6.45) is -0.246. The molecule has 1 aliphatic rings. The van der Waals surface area contributed by atoms with E-state index in [1.54, 1.807) is 36.4 Å². The number of amides is 1. The number of Topliss-reactive ketones (excluding diaryl/α,β-unsaturated/α-hetero) is 2. The van der Waals surface area contributed by atoms with E-state index in [1.807, 2.05) is 0 Å². The Morgan fingerprint density at radius 3 is 2.07 bits per heavy atom. The maximum absolute atomic E-state index is 13.2. The van der Waals surface area contributed by atoms with Crippen LogP contribution in [0.3, 0.4) is 0 Å². The third-order valence-corrected chi connectivity index (χ3v) is 5.20. The zero-order valence-electron chi connectivity index (χ0n) is 14.9. The minimum atomic E-state index is -1.12. The highest BCUT2D eigenvalue weighted by Crippen LogP contribution is 2.27. The molecule has 6 nitrogen and oxygen atoms in total. The highest BCUT2D eigenvalue weighted by Gasteiger charge is 2.40. The first-order valence-electron chi connectivity index (χ1n) is 8.53. The summed E-state index contributed by atoms with van der Waals surface area (Å²) in [4.78, 5) is 42.5. The Labute approximate surface area is 182 Å². The van der Waals surface area contributed by atoms with E-state index in [9.17, 15) is 14.4 Å². The van der Waals surface area contributed by atoms with Crippen LogP contribution in [0, 0.1) is 11.8 Å². The molecule has 0 bridgehead atoms. The Hall–Kier alpha value is -2.61. The molecule has 2 aromatic rings. The van der Waals surface area contributed by atoms with Crippen molar-refractivity contribution in [2.75, 3.05) is 0 Å². The van der Waals surface area contributed by atoms with E-state index in [0.29, 0.717) is 21.2 Å². The molecule has 0 saturated heterocycles. The number of halogens is 2. The van der Waals surface area contributed by atoms with Gasteiger partial charge in [-0.2, -0.15) is 0 Å². The van der Waals surface area contributed by atoms with Crippen LogP contribution in [0.1, 0.15) is 27.1 Å². The van der Waals surface area contributed by atoms with Crippen molar-refractivity contribution in [1.82, 2.24) is 5.32 Å². The highest BCUT2D eigenvalue weighted by atomic mass is 35.5. The molecule has 3 rings (SSSR count). The third kappa shape index (κ3) is 4.87. The average Bonchev–Trinajstić information content (AvgIpc) is 2.67. The maximum Gasteiger partial charge on any atom is 0.237 e. The van der Waals surface area contributed by atoms with Gasteiger partial charge in [-0.15, -0.1) is 0 Å². The number of amidine groups is 1. The number of carbonyl (C=O) groups is 3. The van der Waals surface area contributed by atoms with E-state index < -0.39 is 23.5 Å². The Morgan fingerprint density at radius 2 is 1.55 bits per heavy atom. The van der Waals surface area contributed by atoms with Crippen molar-refractivity contribution in [1.29, 1.82) is 0 Å². The molecule has 0 radical (unpaired) electrons. The number of nitrogens with two attached hydrogens (primary N) is 1. The van der Waals surface area contributed by atoms with Crippen molar-refractivity contribution >= 4 is 63.8 Å². The second-order valence-corrected chi connectivity index (χ2v) is 7.68. The number of carbonyl (C=O) groups excluding carboxylic acids is 3. The topological polar surface area (TPSA) is 102 Å². The van der Waals surface area contributed by atoms with Gasteiger partial charge in [0.2, 0.25) is 11.0 Å². The number of ketones is 2. The van der Waals surface area contributed by atoms with Crippen molar-refractivity contribution in [3.63, 3.8) is 0 Å². The van der Waals surface area contributed by atoms with Crippen LogP contribution in [0.2, 0.25) is 10.0 Å². The summed E-state index contributed by atoms with van der Waals surface area (Å²) >= 11 is 16.6. The Balaban J connectivity index is 1.97. The minimum Gasteiger partial charge on any atom is -0.386 e. The summed E-state index contributed by atoms with van der Waals surface area (Å²) in [7, 11) is 0. The minimum absolute atomic E-state index is 0.0783. The van der Waals surface area contributed by atoms with E-state index in [2.05, 4.69) is 10.3 Å². The van der Waals surface area contributed by atoms with Gasteiger partial charge in [0.15, 0.2) is 11.6 Å². The number of thiocarbonyl (C=S) groups is 1. The summed E-state index contributed by atoms with van der Waals surface area (Å²) in [6.45, 7) is 0. The second kappa shape index (κ2) is 8.82. The molecule has 3 N–H and O–H groups in total. The average molecular weight is 448 g/mol. The molecule has 0 fully saturated rings. The largest absolute Gasteiger partial charge is 0.386 e. The number of nitrogens with zero attached hydrogens (tertiary/aromatic N) is 1. The normalized spacial score (nSPS) is 17.3. The highest BCUT2D eigenvalue weighted by molar-refractivity contribution is 7.80. The fourth-order valence-electron chi connectivity index (χ4n) is 3.06. The quantitative estimate of drug-likeness (QED) is 0.521. The van der Waals surface area contributed by atoms with Gasteiger partial charge >= 0.3 is 0 Å². The first-order chi connectivity index (χ1) is 13.8. The molecule has 9 heteroatoms. The van der Waals surface area contributed by atoms with Crippen LogP contribution in [-0.4, -0.2) is 28.4 Å². The molecule has 2 atom stereocenters. The van der Waals surface area contributed by atoms with E-state index in [0.717, 1.165) is 0 Å². The first-order valence-corrected chi connectivity index (χ1v) is 9.70. The van der Waals surface area contributed by atoms with Gasteiger partial charge in [0.25, 0.3) is 0 Å². The molecule has 0 spiro atoms. The SMILES string of the molecule is NC1=NC(=S)NC(=O)C1C(CC(=O)c1ccc(Cl)cc1)C(=O)c1ccc(Cl)cc1. The van der Waals surface area contributed by atoms with Crippen LogP contribution < -0.4 is 11.1 Å². The molecular formula is C20H15Cl2N3O3S. The Morgan fingerprint density at radius 1 is 1.03 bits per heavy atom. The van der Waals surface area contributed by atoms with Gasteiger partial charge in [0.05, 0.1) is 0 Å². The standard InChI is InChI=1S/C20H15Cl2N3O3S/c21-12-5-1-10(2-6-12)15(26)9-14(16-18(23)24-20(29)25-19(16)28)17(27)11-3-7-13(22)8-4-11/h1-8,14,16H,9H2,(H3,23,24,25,28,29). The molecule has 1 amide bonds. The number of hydrogen-bond acceptors (Lipinski definition) is 5. The molecule has 0 saturated carbocycles. The third-order valence-electron chi connectivity index (χ3n) is 4.50. The smallest absolute Gasteiger partial charge is 0.237 e. The fraction of sp³-hybridized carbons (Fsp3) is 0.150. The summed E-state index contributed by atoms with van der Waals surface area (Å²) in [5.41, 5.74) is 6.60. The van der Waals surface area contributed by atoms with Gasteiger partial charge in [0.1, 0.15) is 11.8 Å². The van der Waals surface area contributed by atoms with Gasteiger partial charge in [-0.05, 0) is 60.7 Å². The number of hydrogen-bond donors (Lipinski definition) is 2. The number of rotatable bonds is 6. The lowest BCUT2D eigenvalue weighted by Crippen LogP contribution is -2.51. The maximum atomic E-state index is 13.2. The van der Waals surface area contributed by atoms with Crippen LogP contribution in [0.25, 0.3) is 0 Å². The predicted molar refractivity (Wildman–Crippen MR) is 116 cm³/mol. The lowest BCUT2D eigenvalue weighted by molar-refractivity contribution is -0.122. The number of benzene rings is 2. The van der Waals surface area contributed by atoms with Crippen molar-refractivity contribution in [3.05, 3.63) is 69.7 Å². The molecule has 2 aromatic carbocycles. The first kappa shape index (κ1) is 21.1. The van der Waals surface area contributed by atoms with Crippen LogP contribution in [-0.2, 0) is 4.79 Å². The zero-order valence-corrected chi connectivity index (χ0v) is 17.2. The van der Waals surface area contributed by atoms with Crippen LogP contribution in [0.4, 0.5) is 0 Å². The van der Waals surface area contributed by atoms with Crippen LogP contribution >= 0.6 is 35.4 Å². The van der Waals surface area contributed by atoms with E-state index in [-0.39, 0.29) is 23.2 Å². The van der Waals surface area contributed by atoms with Crippen molar-refractivity contribution in [3.8, 4) is 0 Å². The van der Waals surface area contributed by atoms with Gasteiger partial charge in [0, 0.05) is 33.5 Å². The molecule has 1 aliphatic heterocycles. The molecule has 0 aliphatic carbocycles. The predicted octanol–water partition coefficient (Wildman–Crippen LogP) is 3.45. The molecule has 29 heavy (non-hydrogen) atoms. The van der Waals surface area contributed by atoms with E-state index in [1.165, 1.54) is 12.1 Å². The van der Waals surface area contributed by atoms with Crippen LogP contribution in [0.5, 0.6) is 0 Å². The zero-order chi connectivity index (χ0) is 21.1. The Kier molecular flexibility index (Phi) is 6.42. The molecule has 148 valence electrons. The fourth-order valence-corrected chi connectivity index (χ4v) is 3.52. The lowest BCUT2D eigenvalue weighted by atomic mass is 9.79. The summed E-state index contributed by atoms with van der Waals surface area (Å²) in [5.74, 6) is -3.61. The van der Waals surface area contributed by atoms with Gasteiger partial charge < -0.3 is 11.1 Å². The molecule has 1 heterocycles. The molecule has 0 aromatic heterocycles. The summed E-state index contributed by atoms with van der Waals surface area (Å²) in [5, 5.41) is 3.26. The number of aliphatic imine (C=N–C) groups is 1. The van der Waals surface area contributed by atoms with Crippen molar-refractivity contribution in [2.45, 2.75) is 6.42 Å². The summed E-state index contributed by atoms with van der Waals surface area (Å²) in [6, 6.07) is 12.4. The molecular weight excluding hydrogens is 433 g/mol. The second-order valence-electron chi connectivity index (χ2n) is 6.42. The van der Waals surface area contributed by atoms with Crippen molar-refractivity contribution in [2.24, 2.45) is 22.6 Å². The van der Waals surface area contributed by atoms with Gasteiger partial charge in [-0.3, -0.25) is 14.4 Å². The van der Waals surface area contributed by atoms with Crippen LogP contribution in [0.15, 0.2) is 53.5 Å². The van der Waals surface area contributed by atoms with Gasteiger partial charge in [-0.1, -0.05) is 23.2 Å². The van der Waals surface area contributed by atoms with E-state index in [4.69, 9.17) is 41.2 Å². The van der Waals surface area contributed by atoms with Gasteiger partial charge in [-0.25, -0.2) is 4.99 Å². The number of nitrogens with one attached hydrogen (secondary N) is 1. The Bertz CT molecular complexity index is 1020. The summed E-state index contributed by atoms with van der Waals surface area (Å²) < 4.78 is 0. The van der Waals surface area contributed by atoms with E-state index >= 15 is 0 Å². The lowest BCUT2D eigenvalue weighted by Gasteiger charge is -2.27. The van der Waals surface area contributed by atoms with Crippen molar-refractivity contribution < 1.29 is 14.4 Å².